The zero-order chi connectivity index (χ0) is 27.4. The van der Waals surface area contributed by atoms with Crippen LogP contribution in [0.5, 0.6) is 5.75 Å². The number of methoxy groups -OCH3 is 1. The number of nitrogens with zero attached hydrogens (tertiary/aromatic N) is 4. The molecular formula is C29H26N4O4S2. The van der Waals surface area contributed by atoms with Crippen LogP contribution < -0.4 is 13.9 Å². The van der Waals surface area contributed by atoms with Crippen LogP contribution in [0.2, 0.25) is 0 Å². The summed E-state index contributed by atoms with van der Waals surface area (Å²) >= 11 is 1.38. The third-order valence-corrected chi connectivity index (χ3v) is 9.10. The Labute approximate surface area is 231 Å². The summed E-state index contributed by atoms with van der Waals surface area (Å²) in [7, 11) is -2.21. The molecule has 0 unspecified atom stereocenters. The molecule has 0 aliphatic carbocycles. The van der Waals surface area contributed by atoms with Gasteiger partial charge in [0, 0.05) is 24.5 Å². The van der Waals surface area contributed by atoms with Crippen LogP contribution in [0.15, 0.2) is 102 Å². The number of sulfonamides is 1. The largest absolute Gasteiger partial charge is 0.497 e. The lowest BCUT2D eigenvalue weighted by atomic mass is 10.2. The van der Waals surface area contributed by atoms with Crippen molar-refractivity contribution in [2.45, 2.75) is 18.4 Å². The topological polar surface area (TPSA) is 92.7 Å². The first-order chi connectivity index (χ1) is 18.9. The molecule has 2 heterocycles. The van der Waals surface area contributed by atoms with Crippen LogP contribution >= 0.6 is 11.3 Å². The summed E-state index contributed by atoms with van der Waals surface area (Å²) in [6.45, 7) is 2.31. The summed E-state index contributed by atoms with van der Waals surface area (Å²) in [5, 5.41) is 0.519. The maximum atomic E-state index is 13.8. The maximum absolute atomic E-state index is 13.8. The molecule has 0 atom stereocenters. The van der Waals surface area contributed by atoms with Crippen LogP contribution in [-0.4, -0.2) is 37.9 Å². The number of para-hydroxylation sites is 1. The predicted molar refractivity (Wildman–Crippen MR) is 154 cm³/mol. The Hall–Kier alpha value is -4.28. The Morgan fingerprint density at radius 3 is 2.41 bits per heavy atom. The second-order valence-electron chi connectivity index (χ2n) is 8.61. The summed E-state index contributed by atoms with van der Waals surface area (Å²) in [6, 6.07) is 24.2. The lowest BCUT2D eigenvalue weighted by Gasteiger charge is -2.23. The molecule has 0 saturated carbocycles. The van der Waals surface area contributed by atoms with Gasteiger partial charge in [0.25, 0.3) is 15.9 Å². The summed E-state index contributed by atoms with van der Waals surface area (Å²) in [4.78, 5) is 24.4. The quantitative estimate of drug-likeness (QED) is 0.228. The molecule has 1 amide bonds. The van der Waals surface area contributed by atoms with E-state index in [1.54, 1.807) is 67.7 Å². The van der Waals surface area contributed by atoms with Gasteiger partial charge in [0.15, 0.2) is 5.13 Å². The van der Waals surface area contributed by atoms with Gasteiger partial charge in [0.1, 0.15) is 5.75 Å². The summed E-state index contributed by atoms with van der Waals surface area (Å²) in [5.41, 5.74) is 2.51. The molecule has 8 nitrogen and oxygen atoms in total. The number of ether oxygens (including phenoxy) is 1. The highest BCUT2D eigenvalue weighted by molar-refractivity contribution is 7.92. The molecule has 3 aromatic carbocycles. The molecule has 5 aromatic rings. The minimum Gasteiger partial charge on any atom is -0.497 e. The smallest absolute Gasteiger partial charge is 0.264 e. The average molecular weight is 559 g/mol. The van der Waals surface area contributed by atoms with Crippen LogP contribution in [0.4, 0.5) is 10.8 Å². The Kier molecular flexibility index (Phi) is 7.58. The molecule has 0 N–H and O–H groups in total. The Bertz CT molecular complexity index is 1690. The zero-order valence-electron chi connectivity index (χ0n) is 21.4. The first-order valence-electron chi connectivity index (χ1n) is 12.2. The van der Waals surface area contributed by atoms with Crippen LogP contribution in [0, 0.1) is 0 Å². The summed E-state index contributed by atoms with van der Waals surface area (Å²) in [5.74, 6) is 0.403. The van der Waals surface area contributed by atoms with Crippen LogP contribution in [0.25, 0.3) is 10.2 Å². The van der Waals surface area contributed by atoms with Gasteiger partial charge < -0.3 is 4.74 Å². The van der Waals surface area contributed by atoms with Gasteiger partial charge in [0.05, 0.1) is 34.5 Å². The van der Waals surface area contributed by atoms with Crippen molar-refractivity contribution in [1.82, 2.24) is 9.97 Å². The van der Waals surface area contributed by atoms with Gasteiger partial charge in [-0.3, -0.25) is 19.0 Å². The van der Waals surface area contributed by atoms with Crippen LogP contribution in [-0.2, 0) is 16.6 Å². The van der Waals surface area contributed by atoms with Crippen LogP contribution in [0.3, 0.4) is 0 Å². The molecule has 39 heavy (non-hydrogen) atoms. The number of thiazole rings is 1. The molecule has 0 aliphatic heterocycles. The fourth-order valence-corrected chi connectivity index (χ4v) is 6.64. The van der Waals surface area contributed by atoms with E-state index in [9.17, 15) is 13.2 Å². The van der Waals surface area contributed by atoms with E-state index in [1.165, 1.54) is 27.8 Å². The van der Waals surface area contributed by atoms with Crippen molar-refractivity contribution < 1.29 is 17.9 Å². The molecule has 0 fully saturated rings. The molecule has 0 saturated heterocycles. The van der Waals surface area contributed by atoms with Crippen molar-refractivity contribution in [3.8, 4) is 5.75 Å². The number of carbonyl (C=O) groups excluding carboxylic acids is 1. The second-order valence-corrected chi connectivity index (χ2v) is 11.5. The number of amides is 1. The van der Waals surface area contributed by atoms with Crippen LogP contribution in [0.1, 0.15) is 22.8 Å². The number of fused-ring (bicyclic) bond motifs is 1. The van der Waals surface area contributed by atoms with E-state index in [0.29, 0.717) is 22.1 Å². The van der Waals surface area contributed by atoms with E-state index in [-0.39, 0.29) is 23.9 Å². The van der Waals surface area contributed by atoms with Gasteiger partial charge in [-0.25, -0.2) is 13.4 Å². The van der Waals surface area contributed by atoms with E-state index >= 15 is 0 Å². The molecule has 0 bridgehead atoms. The molecule has 10 heteroatoms. The standard InChI is InChI=1S/C29H26N4O4S2/c1-3-33(23-9-5-4-6-10-23)39(35,36)25-14-11-22(12-15-25)28(34)32(20-21-8-7-17-30-19-21)29-31-26-16-13-24(37-2)18-27(26)38-29/h4-19H,3,20H2,1-2H3. The van der Waals surface area contributed by atoms with Crippen molar-refractivity contribution in [2.75, 3.05) is 22.9 Å². The minimum absolute atomic E-state index is 0.107. The highest BCUT2D eigenvalue weighted by Gasteiger charge is 2.26. The summed E-state index contributed by atoms with van der Waals surface area (Å²) < 4.78 is 34.4. The molecule has 0 aliphatic rings. The van der Waals surface area contributed by atoms with E-state index in [2.05, 4.69) is 4.98 Å². The number of benzene rings is 3. The van der Waals surface area contributed by atoms with Gasteiger partial charge in [0.2, 0.25) is 0 Å². The number of pyridine rings is 1. The third kappa shape index (κ3) is 5.47. The van der Waals surface area contributed by atoms with Gasteiger partial charge in [-0.15, -0.1) is 0 Å². The van der Waals surface area contributed by atoms with Crippen molar-refractivity contribution in [1.29, 1.82) is 0 Å². The van der Waals surface area contributed by atoms with Gasteiger partial charge >= 0.3 is 0 Å². The average Bonchev–Trinajstić information content (AvgIpc) is 3.40. The Morgan fingerprint density at radius 2 is 1.74 bits per heavy atom. The fourth-order valence-electron chi connectivity index (χ4n) is 4.17. The highest BCUT2D eigenvalue weighted by atomic mass is 32.2. The van der Waals surface area contributed by atoms with Gasteiger partial charge in [-0.05, 0) is 73.2 Å². The van der Waals surface area contributed by atoms with E-state index in [1.807, 2.05) is 36.4 Å². The lowest BCUT2D eigenvalue weighted by Crippen LogP contribution is -2.31. The number of rotatable bonds is 9. The number of carbonyl (C=O) groups is 1. The predicted octanol–water partition coefficient (Wildman–Crippen LogP) is 5.76. The number of aromatic nitrogens is 2. The fraction of sp³-hybridized carbons (Fsp3) is 0.138. The zero-order valence-corrected chi connectivity index (χ0v) is 23.0. The summed E-state index contributed by atoms with van der Waals surface area (Å²) in [6.07, 6.45) is 3.38. The first kappa shape index (κ1) is 26.3. The SMILES string of the molecule is CCN(c1ccccc1)S(=O)(=O)c1ccc(C(=O)N(Cc2cccnc2)c2nc3ccc(OC)cc3s2)cc1. The number of hydrogen-bond donors (Lipinski definition) is 0. The third-order valence-electron chi connectivity index (χ3n) is 6.14. The Balaban J connectivity index is 1.48. The molecule has 5 rings (SSSR count). The van der Waals surface area contributed by atoms with E-state index < -0.39 is 10.0 Å². The lowest BCUT2D eigenvalue weighted by molar-refractivity contribution is 0.0985. The second kappa shape index (κ2) is 11.2. The van der Waals surface area contributed by atoms with Crippen molar-refractivity contribution in [3.05, 3.63) is 108 Å². The normalized spacial score (nSPS) is 11.3. The van der Waals surface area contributed by atoms with Gasteiger partial charge in [-0.1, -0.05) is 35.6 Å². The molecular weight excluding hydrogens is 532 g/mol. The molecule has 2 aromatic heterocycles. The molecule has 198 valence electrons. The first-order valence-corrected chi connectivity index (χ1v) is 14.5. The van der Waals surface area contributed by atoms with E-state index in [0.717, 1.165) is 15.8 Å². The Morgan fingerprint density at radius 1 is 0.974 bits per heavy atom. The van der Waals surface area contributed by atoms with E-state index in [4.69, 9.17) is 9.72 Å². The van der Waals surface area contributed by atoms with Gasteiger partial charge in [-0.2, -0.15) is 0 Å². The molecule has 0 spiro atoms. The molecule has 0 radical (unpaired) electrons. The van der Waals surface area contributed by atoms with Crippen molar-refractivity contribution in [2.24, 2.45) is 0 Å². The number of hydrogen-bond acceptors (Lipinski definition) is 7. The minimum atomic E-state index is -3.81. The van der Waals surface area contributed by atoms with Crippen molar-refractivity contribution in [3.63, 3.8) is 0 Å². The monoisotopic (exact) mass is 558 g/mol. The number of anilines is 2. The highest BCUT2D eigenvalue weighted by Crippen LogP contribution is 2.33. The van der Waals surface area contributed by atoms with Crippen molar-refractivity contribution >= 4 is 48.3 Å². The maximum Gasteiger partial charge on any atom is 0.264 e.